The van der Waals surface area contributed by atoms with Gasteiger partial charge in [0.2, 0.25) is 5.91 Å². The van der Waals surface area contributed by atoms with Crippen LogP contribution in [0.15, 0.2) is 40.9 Å². The maximum atomic E-state index is 12.2. The van der Waals surface area contributed by atoms with Crippen LogP contribution in [0.2, 0.25) is 0 Å². The van der Waals surface area contributed by atoms with Crippen molar-refractivity contribution < 1.29 is 24.1 Å². The van der Waals surface area contributed by atoms with E-state index >= 15 is 0 Å². The number of carbonyl (C=O) groups is 1. The van der Waals surface area contributed by atoms with Crippen molar-refractivity contribution in [3.05, 3.63) is 66.7 Å². The van der Waals surface area contributed by atoms with Crippen LogP contribution in [0, 0.1) is 20.2 Å². The fourth-order valence-corrected chi connectivity index (χ4v) is 2.71. The zero-order valence-electron chi connectivity index (χ0n) is 14.7. The van der Waals surface area contributed by atoms with E-state index in [1.54, 1.807) is 18.2 Å². The standard InChI is InChI=1S/C17H14BrN3O7/c1-27-15-5-4-11(18)7-10(15)3-6-16(22)19-12-8-13(20(23)24)17(28-2)14(9-12)21(25)26/h3-9H,1-2H3,(H,19,22)/b6-3+. The first-order valence-electron chi connectivity index (χ1n) is 7.60. The molecular formula is C17H14BrN3O7. The molecule has 1 amide bonds. The van der Waals surface area contributed by atoms with Crippen LogP contribution in [0.3, 0.4) is 0 Å². The van der Waals surface area contributed by atoms with Gasteiger partial charge in [-0.25, -0.2) is 0 Å². The first-order chi connectivity index (χ1) is 13.3. The van der Waals surface area contributed by atoms with E-state index in [0.717, 1.165) is 23.7 Å². The van der Waals surface area contributed by atoms with Crippen molar-refractivity contribution in [2.45, 2.75) is 0 Å². The average molecular weight is 452 g/mol. The molecule has 11 heteroatoms. The molecule has 0 unspecified atom stereocenters. The van der Waals surface area contributed by atoms with E-state index in [9.17, 15) is 25.0 Å². The maximum Gasteiger partial charge on any atom is 0.320 e. The smallest absolute Gasteiger partial charge is 0.320 e. The van der Waals surface area contributed by atoms with Crippen molar-refractivity contribution in [2.75, 3.05) is 19.5 Å². The Kier molecular flexibility index (Phi) is 6.66. The number of nitro groups is 2. The third kappa shape index (κ3) is 4.82. The zero-order valence-corrected chi connectivity index (χ0v) is 16.3. The number of benzene rings is 2. The first kappa shape index (κ1) is 20.8. The van der Waals surface area contributed by atoms with Gasteiger partial charge in [-0.2, -0.15) is 0 Å². The van der Waals surface area contributed by atoms with Gasteiger partial charge < -0.3 is 14.8 Å². The molecule has 0 fully saturated rings. The Balaban J connectivity index is 2.32. The summed E-state index contributed by atoms with van der Waals surface area (Å²) in [6.45, 7) is 0. The number of halogens is 1. The van der Waals surface area contributed by atoms with Crippen LogP contribution in [0.4, 0.5) is 17.1 Å². The Bertz CT molecular complexity index is 940. The van der Waals surface area contributed by atoms with E-state index in [1.807, 2.05) is 0 Å². The Morgan fingerprint density at radius 3 is 2.18 bits per heavy atom. The van der Waals surface area contributed by atoms with Crippen LogP contribution in [-0.2, 0) is 4.79 Å². The highest BCUT2D eigenvalue weighted by molar-refractivity contribution is 9.10. The fourth-order valence-electron chi connectivity index (χ4n) is 2.34. The largest absolute Gasteiger partial charge is 0.496 e. The van der Waals surface area contributed by atoms with Gasteiger partial charge in [-0.3, -0.25) is 25.0 Å². The number of nitrogens with zero attached hydrogens (tertiary/aromatic N) is 2. The van der Waals surface area contributed by atoms with E-state index in [1.165, 1.54) is 19.3 Å². The first-order valence-corrected chi connectivity index (χ1v) is 8.39. The Labute approximate surface area is 167 Å². The minimum absolute atomic E-state index is 0.116. The van der Waals surface area contributed by atoms with Crippen LogP contribution in [0.25, 0.3) is 6.08 Å². The molecule has 2 aromatic rings. The molecule has 1 N–H and O–H groups in total. The summed E-state index contributed by atoms with van der Waals surface area (Å²) < 4.78 is 10.7. The number of hydrogen-bond donors (Lipinski definition) is 1. The van der Waals surface area contributed by atoms with Gasteiger partial charge in [0.05, 0.1) is 29.8 Å². The van der Waals surface area contributed by atoms with E-state index in [-0.39, 0.29) is 5.69 Å². The monoisotopic (exact) mass is 451 g/mol. The van der Waals surface area contributed by atoms with Crippen molar-refractivity contribution in [2.24, 2.45) is 0 Å². The van der Waals surface area contributed by atoms with Crippen LogP contribution >= 0.6 is 15.9 Å². The molecule has 0 spiro atoms. The van der Waals surface area contributed by atoms with Gasteiger partial charge in [0.15, 0.2) is 0 Å². The predicted octanol–water partition coefficient (Wildman–Crippen LogP) is 3.93. The number of nitrogens with one attached hydrogen (secondary N) is 1. The fraction of sp³-hybridized carbons (Fsp3) is 0.118. The van der Waals surface area contributed by atoms with Gasteiger partial charge in [0.1, 0.15) is 5.75 Å². The van der Waals surface area contributed by atoms with Crippen molar-refractivity contribution in [3.8, 4) is 11.5 Å². The highest BCUT2D eigenvalue weighted by atomic mass is 79.9. The number of carbonyl (C=O) groups excluding carboxylic acids is 1. The number of anilines is 1. The van der Waals surface area contributed by atoms with Gasteiger partial charge in [0, 0.05) is 28.2 Å². The van der Waals surface area contributed by atoms with E-state index in [4.69, 9.17) is 9.47 Å². The molecule has 0 aliphatic rings. The van der Waals surface area contributed by atoms with Gasteiger partial charge in [-0.15, -0.1) is 0 Å². The summed E-state index contributed by atoms with van der Waals surface area (Å²) in [6.07, 6.45) is 2.65. The van der Waals surface area contributed by atoms with Crippen molar-refractivity contribution in [3.63, 3.8) is 0 Å². The summed E-state index contributed by atoms with van der Waals surface area (Å²) in [4.78, 5) is 32.8. The topological polar surface area (TPSA) is 134 Å². The summed E-state index contributed by atoms with van der Waals surface area (Å²) in [5.41, 5.74) is -0.775. The summed E-state index contributed by atoms with van der Waals surface area (Å²) in [6, 6.07) is 7.17. The number of methoxy groups -OCH3 is 2. The second-order valence-corrected chi connectivity index (χ2v) is 6.19. The quantitative estimate of drug-likeness (QED) is 0.382. The van der Waals surface area contributed by atoms with E-state index in [0.29, 0.717) is 11.3 Å². The SMILES string of the molecule is COc1ccc(Br)cc1/C=C/C(=O)Nc1cc([N+](=O)[O-])c(OC)c([N+](=O)[O-])c1. The Morgan fingerprint density at radius 2 is 1.68 bits per heavy atom. The van der Waals surface area contributed by atoms with Gasteiger partial charge in [-0.1, -0.05) is 15.9 Å². The van der Waals surface area contributed by atoms with Crippen LogP contribution in [0.5, 0.6) is 11.5 Å². The normalized spacial score (nSPS) is 10.5. The molecule has 146 valence electrons. The molecule has 0 aliphatic heterocycles. The maximum absolute atomic E-state index is 12.2. The second-order valence-electron chi connectivity index (χ2n) is 5.27. The number of rotatable bonds is 7. The summed E-state index contributed by atoms with van der Waals surface area (Å²) in [5, 5.41) is 24.7. The molecule has 2 aromatic carbocycles. The number of amides is 1. The van der Waals surface area contributed by atoms with Gasteiger partial charge in [-0.05, 0) is 24.3 Å². The van der Waals surface area contributed by atoms with Gasteiger partial charge in [0.25, 0.3) is 5.75 Å². The number of nitro benzene ring substituents is 2. The Morgan fingerprint density at radius 1 is 1.07 bits per heavy atom. The second kappa shape index (κ2) is 8.95. The minimum Gasteiger partial charge on any atom is -0.496 e. The summed E-state index contributed by atoms with van der Waals surface area (Å²) in [5.74, 6) is -0.610. The third-order valence-corrected chi connectivity index (χ3v) is 4.01. The summed E-state index contributed by atoms with van der Waals surface area (Å²) >= 11 is 3.31. The summed E-state index contributed by atoms with van der Waals surface area (Å²) in [7, 11) is 2.57. The molecule has 2 rings (SSSR count). The molecule has 28 heavy (non-hydrogen) atoms. The lowest BCUT2D eigenvalue weighted by molar-refractivity contribution is -0.395. The molecule has 0 aliphatic carbocycles. The van der Waals surface area contributed by atoms with E-state index in [2.05, 4.69) is 21.2 Å². The van der Waals surface area contributed by atoms with Crippen molar-refractivity contribution in [1.29, 1.82) is 0 Å². The lowest BCUT2D eigenvalue weighted by Crippen LogP contribution is -2.09. The molecule has 0 heterocycles. The molecule has 0 bridgehead atoms. The molecule has 0 saturated heterocycles. The van der Waals surface area contributed by atoms with Crippen LogP contribution < -0.4 is 14.8 Å². The van der Waals surface area contributed by atoms with Crippen molar-refractivity contribution in [1.82, 2.24) is 0 Å². The van der Waals surface area contributed by atoms with Crippen LogP contribution in [-0.4, -0.2) is 30.0 Å². The number of hydrogen-bond acceptors (Lipinski definition) is 7. The van der Waals surface area contributed by atoms with Crippen LogP contribution in [0.1, 0.15) is 5.56 Å². The molecule has 0 saturated carbocycles. The minimum atomic E-state index is -0.830. The highest BCUT2D eigenvalue weighted by Crippen LogP contribution is 2.39. The highest BCUT2D eigenvalue weighted by Gasteiger charge is 2.28. The molecule has 0 radical (unpaired) electrons. The lowest BCUT2D eigenvalue weighted by atomic mass is 10.2. The zero-order chi connectivity index (χ0) is 20.8. The molecule has 10 nitrogen and oxygen atoms in total. The average Bonchev–Trinajstić information content (AvgIpc) is 2.65. The molecule has 0 atom stereocenters. The van der Waals surface area contributed by atoms with E-state index < -0.39 is 32.9 Å². The lowest BCUT2D eigenvalue weighted by Gasteiger charge is -2.07. The Hall–Kier alpha value is -3.47. The van der Waals surface area contributed by atoms with Gasteiger partial charge >= 0.3 is 11.4 Å². The third-order valence-electron chi connectivity index (χ3n) is 3.52. The molecular weight excluding hydrogens is 438 g/mol. The number of ether oxygens (including phenoxy) is 2. The van der Waals surface area contributed by atoms with Crippen molar-refractivity contribution >= 4 is 45.0 Å². The predicted molar refractivity (Wildman–Crippen MR) is 105 cm³/mol. The molecule has 0 aromatic heterocycles.